The number of fused-ring (bicyclic) bond motifs is 1. The molecule has 0 bridgehead atoms. The van der Waals surface area contributed by atoms with E-state index in [9.17, 15) is 19.1 Å². The molecule has 1 aromatic carbocycles. The maximum atomic E-state index is 13.0. The van der Waals surface area contributed by atoms with Gasteiger partial charge in [0.2, 0.25) is 0 Å². The van der Waals surface area contributed by atoms with Crippen LogP contribution in [0.2, 0.25) is 0 Å². The summed E-state index contributed by atoms with van der Waals surface area (Å²) in [5, 5.41) is 23.7. The van der Waals surface area contributed by atoms with E-state index in [1.165, 1.54) is 29.9 Å². The maximum Gasteiger partial charge on any atom is 1.00 e. The van der Waals surface area contributed by atoms with Gasteiger partial charge in [0.15, 0.2) is 0 Å². The Balaban J connectivity index is 0.00000280. The number of nitrogens with one attached hydrogen (secondary N) is 1. The predicted molar refractivity (Wildman–Crippen MR) is 95.1 cm³/mol. The number of benzene rings is 1. The van der Waals surface area contributed by atoms with E-state index in [1.807, 2.05) is 0 Å². The van der Waals surface area contributed by atoms with Crippen molar-refractivity contribution in [1.82, 2.24) is 14.9 Å². The van der Waals surface area contributed by atoms with Crippen molar-refractivity contribution in [2.24, 2.45) is 7.05 Å². The standard InChI is InChI=1S/C19H18FN3O4.Na/c1-23-14-9-12(8-11-2-4-13(20)5-3-11)10-22-16(14)17(25)15(19(23)27)18(26)21-6-7-24;/h2-5,9-10,24-25H,6-8H2,1H3,(H,21,26);/q;+1/p-1. The van der Waals surface area contributed by atoms with Crippen LogP contribution in [0.5, 0.6) is 5.75 Å². The van der Waals surface area contributed by atoms with Crippen molar-refractivity contribution >= 4 is 16.9 Å². The number of pyridine rings is 2. The number of halogens is 1. The van der Waals surface area contributed by atoms with Gasteiger partial charge in [0.25, 0.3) is 11.5 Å². The molecule has 28 heavy (non-hydrogen) atoms. The van der Waals surface area contributed by atoms with Crippen molar-refractivity contribution in [3.8, 4) is 5.75 Å². The van der Waals surface area contributed by atoms with E-state index in [0.717, 1.165) is 11.1 Å². The SMILES string of the molecule is Cn1c(=O)c(C(=O)NCCO)c([O-])c2ncc(Cc3ccc(F)cc3)cc21.[Na+]. The van der Waals surface area contributed by atoms with Crippen LogP contribution < -0.4 is 45.5 Å². The number of aliphatic hydroxyl groups excluding tert-OH is 1. The van der Waals surface area contributed by atoms with Crippen LogP contribution in [0, 0.1) is 5.82 Å². The molecule has 0 unspecified atom stereocenters. The average molecular weight is 393 g/mol. The molecule has 0 aliphatic heterocycles. The Morgan fingerprint density at radius 1 is 1.29 bits per heavy atom. The zero-order valence-corrected chi connectivity index (χ0v) is 17.5. The van der Waals surface area contributed by atoms with Crippen LogP contribution in [0.25, 0.3) is 11.0 Å². The third-order valence-electron chi connectivity index (χ3n) is 4.19. The largest absolute Gasteiger partial charge is 1.00 e. The van der Waals surface area contributed by atoms with E-state index < -0.39 is 22.8 Å². The second-order valence-electron chi connectivity index (χ2n) is 6.06. The first kappa shape index (κ1) is 22.0. The molecule has 0 saturated heterocycles. The van der Waals surface area contributed by atoms with Gasteiger partial charge in [-0.2, -0.15) is 0 Å². The number of carbonyl (C=O) groups excluding carboxylic acids is 1. The van der Waals surface area contributed by atoms with Gasteiger partial charge in [0, 0.05) is 19.8 Å². The van der Waals surface area contributed by atoms with Gasteiger partial charge in [-0.05, 0) is 35.7 Å². The fraction of sp³-hybridized carbons (Fsp3) is 0.211. The molecule has 140 valence electrons. The average Bonchev–Trinajstić information content (AvgIpc) is 2.66. The predicted octanol–water partition coefficient (Wildman–Crippen LogP) is -2.54. The number of carbonyl (C=O) groups is 1. The van der Waals surface area contributed by atoms with E-state index >= 15 is 0 Å². The van der Waals surface area contributed by atoms with E-state index in [4.69, 9.17) is 5.11 Å². The first-order valence-electron chi connectivity index (χ1n) is 8.24. The zero-order valence-electron chi connectivity index (χ0n) is 15.5. The number of amides is 1. The molecular weight excluding hydrogens is 376 g/mol. The molecule has 0 fully saturated rings. The molecule has 0 aliphatic rings. The van der Waals surface area contributed by atoms with Crippen molar-refractivity contribution in [2.75, 3.05) is 13.2 Å². The van der Waals surface area contributed by atoms with Crippen molar-refractivity contribution in [3.05, 3.63) is 69.4 Å². The minimum atomic E-state index is -0.839. The van der Waals surface area contributed by atoms with E-state index in [2.05, 4.69) is 10.3 Å². The fourth-order valence-electron chi connectivity index (χ4n) is 2.81. The first-order chi connectivity index (χ1) is 12.9. The van der Waals surface area contributed by atoms with Crippen LogP contribution in [-0.2, 0) is 13.5 Å². The molecule has 2 heterocycles. The molecule has 0 radical (unpaired) electrons. The topological polar surface area (TPSA) is 107 Å². The molecule has 9 heteroatoms. The normalized spacial score (nSPS) is 10.5. The molecule has 1 amide bonds. The van der Waals surface area contributed by atoms with Gasteiger partial charge in [-0.1, -0.05) is 17.9 Å². The Morgan fingerprint density at radius 3 is 2.61 bits per heavy atom. The third kappa shape index (κ3) is 4.41. The Hall–Kier alpha value is -2.26. The molecule has 0 atom stereocenters. The number of aromatic nitrogens is 2. The molecule has 0 spiro atoms. The monoisotopic (exact) mass is 393 g/mol. The number of nitrogens with zero attached hydrogens (tertiary/aromatic N) is 2. The fourth-order valence-corrected chi connectivity index (χ4v) is 2.81. The molecule has 3 rings (SSSR count). The third-order valence-corrected chi connectivity index (χ3v) is 4.19. The summed E-state index contributed by atoms with van der Waals surface area (Å²) in [6, 6.07) is 7.65. The van der Waals surface area contributed by atoms with Crippen LogP contribution in [0.3, 0.4) is 0 Å². The van der Waals surface area contributed by atoms with Gasteiger partial charge >= 0.3 is 29.6 Å². The van der Waals surface area contributed by atoms with Gasteiger partial charge in [-0.15, -0.1) is 0 Å². The van der Waals surface area contributed by atoms with Crippen LogP contribution in [0.4, 0.5) is 4.39 Å². The van der Waals surface area contributed by atoms with Crippen molar-refractivity contribution in [2.45, 2.75) is 6.42 Å². The Labute approximate surface area is 182 Å². The molecule has 3 aromatic rings. The quantitative estimate of drug-likeness (QED) is 0.465. The summed E-state index contributed by atoms with van der Waals surface area (Å²) in [7, 11) is 1.45. The Bertz CT molecular complexity index is 1070. The molecular formula is C19H17FN3NaO4. The number of aliphatic hydroxyl groups is 1. The Morgan fingerprint density at radius 2 is 1.96 bits per heavy atom. The van der Waals surface area contributed by atoms with Crippen molar-refractivity contribution in [3.63, 3.8) is 0 Å². The second kappa shape index (κ2) is 9.29. The van der Waals surface area contributed by atoms with Crippen LogP contribution >= 0.6 is 0 Å². The van der Waals surface area contributed by atoms with Gasteiger partial charge in [-0.3, -0.25) is 14.6 Å². The summed E-state index contributed by atoms with van der Waals surface area (Å²) >= 11 is 0. The van der Waals surface area contributed by atoms with Crippen LogP contribution in [0.1, 0.15) is 21.5 Å². The number of rotatable bonds is 5. The molecule has 0 aliphatic carbocycles. The first-order valence-corrected chi connectivity index (χ1v) is 8.24. The van der Waals surface area contributed by atoms with Gasteiger partial charge < -0.3 is 20.1 Å². The summed E-state index contributed by atoms with van der Waals surface area (Å²) in [4.78, 5) is 28.7. The summed E-state index contributed by atoms with van der Waals surface area (Å²) in [5.41, 5.74) is 0.643. The van der Waals surface area contributed by atoms with Crippen molar-refractivity contribution in [1.29, 1.82) is 0 Å². The summed E-state index contributed by atoms with van der Waals surface area (Å²) < 4.78 is 14.2. The smallest absolute Gasteiger partial charge is 0.870 e. The molecule has 2 N–H and O–H groups in total. The number of hydrogen-bond acceptors (Lipinski definition) is 5. The Kier molecular flexibility index (Phi) is 7.31. The van der Waals surface area contributed by atoms with E-state index in [1.54, 1.807) is 18.2 Å². The van der Waals surface area contributed by atoms with Gasteiger partial charge in [0.1, 0.15) is 5.82 Å². The van der Waals surface area contributed by atoms with Gasteiger partial charge in [0.05, 0.1) is 23.2 Å². The zero-order chi connectivity index (χ0) is 19.6. The van der Waals surface area contributed by atoms with Crippen LogP contribution in [-0.4, -0.2) is 33.7 Å². The number of hydrogen-bond donors (Lipinski definition) is 2. The summed E-state index contributed by atoms with van der Waals surface area (Å²) in [6.45, 7) is -0.373. The van der Waals surface area contributed by atoms with Crippen molar-refractivity contribution < 1.29 is 49.0 Å². The molecule has 7 nitrogen and oxygen atoms in total. The number of aryl methyl sites for hydroxylation is 1. The maximum absolute atomic E-state index is 13.0. The minimum absolute atomic E-state index is 0. The molecule has 2 aromatic heterocycles. The van der Waals surface area contributed by atoms with Crippen LogP contribution in [0.15, 0.2) is 41.3 Å². The minimum Gasteiger partial charge on any atom is -0.870 e. The van der Waals surface area contributed by atoms with E-state index in [-0.39, 0.29) is 54.0 Å². The van der Waals surface area contributed by atoms with E-state index in [0.29, 0.717) is 11.9 Å². The second-order valence-corrected chi connectivity index (χ2v) is 6.06. The summed E-state index contributed by atoms with van der Waals surface area (Å²) in [5.74, 6) is -1.92. The summed E-state index contributed by atoms with van der Waals surface area (Å²) in [6.07, 6.45) is 1.94. The molecule has 0 saturated carbocycles. The van der Waals surface area contributed by atoms with Gasteiger partial charge in [-0.25, -0.2) is 4.39 Å².